The number of hydrogen-bond acceptors (Lipinski definition) is 2. The van der Waals surface area contributed by atoms with Gasteiger partial charge in [-0.2, -0.15) is 0 Å². The molecule has 0 amide bonds. The van der Waals surface area contributed by atoms with Gasteiger partial charge in [0.2, 0.25) is 0 Å². The van der Waals surface area contributed by atoms with Gasteiger partial charge in [0.25, 0.3) is 0 Å². The summed E-state index contributed by atoms with van der Waals surface area (Å²) in [6, 6.07) is 8.17. The first kappa shape index (κ1) is 12.4. The van der Waals surface area contributed by atoms with E-state index >= 15 is 0 Å². The van der Waals surface area contributed by atoms with Gasteiger partial charge in [-0.3, -0.25) is 0 Å². The lowest BCUT2D eigenvalue weighted by Crippen LogP contribution is -2.29. The highest BCUT2D eigenvalue weighted by molar-refractivity contribution is 9.10. The van der Waals surface area contributed by atoms with Crippen LogP contribution in [0, 0.1) is 0 Å². The Hall–Kier alpha value is -0.0900. The minimum atomic E-state index is -0.534. The predicted octanol–water partition coefficient (Wildman–Crippen LogP) is 3.36. The summed E-state index contributed by atoms with van der Waals surface area (Å²) in [4.78, 5) is 0. The summed E-state index contributed by atoms with van der Waals surface area (Å²) in [5, 5.41) is 0. The summed E-state index contributed by atoms with van der Waals surface area (Å²) in [6.07, 6.45) is 0.760. The lowest BCUT2D eigenvalue weighted by Gasteiger charge is -2.23. The molecule has 0 radical (unpaired) electrons. The molecular formula is C12H14BrClO2. The summed E-state index contributed by atoms with van der Waals surface area (Å²) in [7, 11) is 0. The van der Waals surface area contributed by atoms with Gasteiger partial charge in [-0.25, -0.2) is 0 Å². The lowest BCUT2D eigenvalue weighted by atomic mass is 10.1. The molecule has 1 fully saturated rings. The van der Waals surface area contributed by atoms with E-state index in [2.05, 4.69) is 28.1 Å². The quantitative estimate of drug-likeness (QED) is 0.797. The molecule has 1 aromatic rings. The molecule has 0 aliphatic carbocycles. The van der Waals surface area contributed by atoms with Gasteiger partial charge >= 0.3 is 0 Å². The summed E-state index contributed by atoms with van der Waals surface area (Å²) in [5.74, 6) is -0.0523. The molecule has 0 saturated carbocycles. The maximum Gasteiger partial charge on any atom is 0.170 e. The highest BCUT2D eigenvalue weighted by atomic mass is 79.9. The molecule has 2 unspecified atom stereocenters. The highest BCUT2D eigenvalue weighted by Gasteiger charge is 2.36. The Morgan fingerprint density at radius 3 is 2.69 bits per heavy atom. The van der Waals surface area contributed by atoms with Crippen molar-refractivity contribution in [1.82, 2.24) is 0 Å². The van der Waals surface area contributed by atoms with Crippen molar-refractivity contribution >= 4 is 27.5 Å². The zero-order chi connectivity index (χ0) is 11.6. The largest absolute Gasteiger partial charge is 0.347 e. The third-order valence-corrected chi connectivity index (χ3v) is 3.47. The Labute approximate surface area is 109 Å². The molecule has 1 aromatic carbocycles. The van der Waals surface area contributed by atoms with Crippen LogP contribution in [0.1, 0.15) is 12.5 Å². The van der Waals surface area contributed by atoms with Crippen LogP contribution < -0.4 is 0 Å². The fraction of sp³-hybridized carbons (Fsp3) is 0.500. The van der Waals surface area contributed by atoms with E-state index < -0.39 is 5.79 Å². The van der Waals surface area contributed by atoms with E-state index in [4.69, 9.17) is 21.1 Å². The van der Waals surface area contributed by atoms with Crippen LogP contribution in [0.3, 0.4) is 0 Å². The summed E-state index contributed by atoms with van der Waals surface area (Å²) in [6.45, 7) is 2.54. The molecule has 16 heavy (non-hydrogen) atoms. The van der Waals surface area contributed by atoms with Gasteiger partial charge in [0, 0.05) is 10.9 Å². The van der Waals surface area contributed by atoms with Gasteiger partial charge in [-0.15, -0.1) is 11.6 Å². The number of rotatable bonds is 3. The van der Waals surface area contributed by atoms with E-state index in [9.17, 15) is 0 Å². The molecule has 4 heteroatoms. The van der Waals surface area contributed by atoms with Gasteiger partial charge in [-0.05, 0) is 24.6 Å². The van der Waals surface area contributed by atoms with Crippen LogP contribution in [0.25, 0.3) is 0 Å². The maximum absolute atomic E-state index is 5.77. The van der Waals surface area contributed by atoms with Crippen molar-refractivity contribution in [3.8, 4) is 0 Å². The van der Waals surface area contributed by atoms with Crippen LogP contribution in [0.2, 0.25) is 0 Å². The first-order chi connectivity index (χ1) is 7.61. The Bertz CT molecular complexity index is 355. The second-order valence-electron chi connectivity index (χ2n) is 4.14. The SMILES string of the molecule is CC1(Cc2ccc(Br)cc2)OCC(CCl)O1. The van der Waals surface area contributed by atoms with E-state index in [0.29, 0.717) is 12.5 Å². The monoisotopic (exact) mass is 304 g/mol. The van der Waals surface area contributed by atoms with Crippen LogP contribution in [0.15, 0.2) is 28.7 Å². The smallest absolute Gasteiger partial charge is 0.170 e. The lowest BCUT2D eigenvalue weighted by molar-refractivity contribution is -0.149. The van der Waals surface area contributed by atoms with Crippen LogP contribution in [-0.4, -0.2) is 24.4 Å². The van der Waals surface area contributed by atoms with E-state index in [1.165, 1.54) is 5.56 Å². The molecular weight excluding hydrogens is 291 g/mol. The van der Waals surface area contributed by atoms with Crippen LogP contribution >= 0.6 is 27.5 Å². The number of alkyl halides is 1. The molecule has 0 N–H and O–H groups in total. The topological polar surface area (TPSA) is 18.5 Å². The fourth-order valence-corrected chi connectivity index (χ4v) is 2.25. The molecule has 1 heterocycles. The van der Waals surface area contributed by atoms with Crippen molar-refractivity contribution in [2.45, 2.75) is 25.2 Å². The summed E-state index contributed by atoms with van der Waals surface area (Å²) < 4.78 is 12.5. The maximum atomic E-state index is 5.77. The molecule has 2 nitrogen and oxygen atoms in total. The normalized spacial score (nSPS) is 29.6. The second kappa shape index (κ2) is 5.05. The molecule has 1 aliphatic rings. The predicted molar refractivity (Wildman–Crippen MR) is 67.8 cm³/mol. The molecule has 2 atom stereocenters. The standard InChI is InChI=1S/C12H14BrClO2/c1-12(15-8-11(7-14)16-12)6-9-2-4-10(13)5-3-9/h2-5,11H,6-8H2,1H3. The molecule has 2 rings (SSSR count). The fourth-order valence-electron chi connectivity index (χ4n) is 1.83. The number of halogens is 2. The Morgan fingerprint density at radius 1 is 1.44 bits per heavy atom. The number of hydrogen-bond donors (Lipinski definition) is 0. The van der Waals surface area contributed by atoms with Crippen molar-refractivity contribution in [2.24, 2.45) is 0 Å². The third kappa shape index (κ3) is 2.98. The van der Waals surface area contributed by atoms with E-state index in [0.717, 1.165) is 10.9 Å². The van der Waals surface area contributed by atoms with Crippen molar-refractivity contribution in [1.29, 1.82) is 0 Å². The summed E-state index contributed by atoms with van der Waals surface area (Å²) in [5.41, 5.74) is 1.20. The van der Waals surface area contributed by atoms with Gasteiger partial charge in [-0.1, -0.05) is 28.1 Å². The van der Waals surface area contributed by atoms with Crippen LogP contribution in [0.5, 0.6) is 0 Å². The molecule has 0 spiro atoms. The van der Waals surface area contributed by atoms with Gasteiger partial charge in [0.05, 0.1) is 18.6 Å². The van der Waals surface area contributed by atoms with Crippen molar-refractivity contribution < 1.29 is 9.47 Å². The summed E-state index contributed by atoms with van der Waals surface area (Å²) >= 11 is 9.16. The van der Waals surface area contributed by atoms with E-state index in [1.807, 2.05) is 19.1 Å². The average Bonchev–Trinajstić information content (AvgIpc) is 2.64. The number of benzene rings is 1. The van der Waals surface area contributed by atoms with E-state index in [1.54, 1.807) is 0 Å². The van der Waals surface area contributed by atoms with Crippen molar-refractivity contribution in [3.05, 3.63) is 34.3 Å². The minimum absolute atomic E-state index is 0.0158. The van der Waals surface area contributed by atoms with Crippen LogP contribution in [-0.2, 0) is 15.9 Å². The average molecular weight is 306 g/mol. The zero-order valence-electron chi connectivity index (χ0n) is 9.08. The highest BCUT2D eigenvalue weighted by Crippen LogP contribution is 2.28. The Kier molecular flexibility index (Phi) is 3.90. The minimum Gasteiger partial charge on any atom is -0.347 e. The molecule has 1 saturated heterocycles. The first-order valence-corrected chi connectivity index (χ1v) is 6.56. The van der Waals surface area contributed by atoms with Gasteiger partial charge in [0.15, 0.2) is 5.79 Å². The van der Waals surface area contributed by atoms with Crippen molar-refractivity contribution in [3.63, 3.8) is 0 Å². The van der Waals surface area contributed by atoms with E-state index in [-0.39, 0.29) is 6.10 Å². The molecule has 1 aliphatic heterocycles. The molecule has 0 aromatic heterocycles. The number of ether oxygens (including phenoxy) is 2. The Morgan fingerprint density at radius 2 is 2.12 bits per heavy atom. The zero-order valence-corrected chi connectivity index (χ0v) is 11.4. The van der Waals surface area contributed by atoms with Crippen molar-refractivity contribution in [2.75, 3.05) is 12.5 Å². The second-order valence-corrected chi connectivity index (χ2v) is 5.37. The Balaban J connectivity index is 2.01. The van der Waals surface area contributed by atoms with Gasteiger partial charge < -0.3 is 9.47 Å². The molecule has 88 valence electrons. The first-order valence-electron chi connectivity index (χ1n) is 5.23. The van der Waals surface area contributed by atoms with Crippen LogP contribution in [0.4, 0.5) is 0 Å². The van der Waals surface area contributed by atoms with Gasteiger partial charge in [0.1, 0.15) is 0 Å². The third-order valence-electron chi connectivity index (χ3n) is 2.60. The molecule has 0 bridgehead atoms.